The van der Waals surface area contributed by atoms with Gasteiger partial charge in [0.25, 0.3) is 0 Å². The van der Waals surface area contributed by atoms with Gasteiger partial charge in [-0.3, -0.25) is 4.79 Å². The highest BCUT2D eigenvalue weighted by Crippen LogP contribution is 2.38. The number of aromatic nitrogens is 2. The van der Waals surface area contributed by atoms with Gasteiger partial charge in [-0.15, -0.1) is 0 Å². The molecule has 0 spiro atoms. The summed E-state index contributed by atoms with van der Waals surface area (Å²) in [6.45, 7) is 0. The Labute approximate surface area is 150 Å². The SMILES string of the molecule is CNc1nc2ccccc2nc1C(=O)c1cc(OC)c(OC)c(OC)c1. The second-order valence-corrected chi connectivity index (χ2v) is 5.40. The number of benzene rings is 2. The summed E-state index contributed by atoms with van der Waals surface area (Å²) in [6.07, 6.45) is 0. The molecule has 0 bridgehead atoms. The van der Waals surface area contributed by atoms with Crippen LogP contribution in [0.3, 0.4) is 0 Å². The molecular weight excluding hydrogens is 334 g/mol. The van der Waals surface area contributed by atoms with Crippen molar-refractivity contribution >= 4 is 22.6 Å². The molecule has 1 aromatic heterocycles. The van der Waals surface area contributed by atoms with E-state index in [9.17, 15) is 4.79 Å². The molecule has 1 heterocycles. The minimum absolute atomic E-state index is 0.223. The van der Waals surface area contributed by atoms with Crippen molar-refractivity contribution in [3.05, 3.63) is 47.7 Å². The van der Waals surface area contributed by atoms with Crippen LogP contribution in [-0.2, 0) is 0 Å². The number of carbonyl (C=O) groups excluding carboxylic acids is 1. The zero-order valence-electron chi connectivity index (χ0n) is 15.0. The van der Waals surface area contributed by atoms with E-state index >= 15 is 0 Å². The van der Waals surface area contributed by atoms with Gasteiger partial charge in [0.05, 0.1) is 32.4 Å². The minimum atomic E-state index is -0.299. The summed E-state index contributed by atoms with van der Waals surface area (Å²) in [5.41, 5.74) is 1.93. The number of fused-ring (bicyclic) bond motifs is 1. The molecule has 0 atom stereocenters. The summed E-state index contributed by atoms with van der Waals surface area (Å²) in [7, 11) is 6.21. The Morgan fingerprint density at radius 3 is 2.00 bits per heavy atom. The van der Waals surface area contributed by atoms with Crippen LogP contribution in [0.5, 0.6) is 17.2 Å². The first-order valence-corrected chi connectivity index (χ1v) is 7.92. The average molecular weight is 353 g/mol. The van der Waals surface area contributed by atoms with E-state index in [2.05, 4.69) is 15.3 Å². The van der Waals surface area contributed by atoms with E-state index in [-0.39, 0.29) is 11.5 Å². The van der Waals surface area contributed by atoms with Crippen LogP contribution >= 0.6 is 0 Å². The zero-order chi connectivity index (χ0) is 18.7. The lowest BCUT2D eigenvalue weighted by Gasteiger charge is -2.14. The van der Waals surface area contributed by atoms with Gasteiger partial charge in [-0.05, 0) is 24.3 Å². The highest BCUT2D eigenvalue weighted by Gasteiger charge is 2.22. The van der Waals surface area contributed by atoms with Crippen molar-refractivity contribution < 1.29 is 19.0 Å². The molecule has 0 unspecified atom stereocenters. The summed E-state index contributed by atoms with van der Waals surface area (Å²) in [4.78, 5) is 22.1. The maximum atomic E-state index is 13.1. The molecule has 3 aromatic rings. The van der Waals surface area contributed by atoms with Crippen LogP contribution in [0.15, 0.2) is 36.4 Å². The minimum Gasteiger partial charge on any atom is -0.493 e. The molecule has 26 heavy (non-hydrogen) atoms. The van der Waals surface area contributed by atoms with Crippen LogP contribution < -0.4 is 19.5 Å². The molecule has 3 rings (SSSR count). The third kappa shape index (κ3) is 2.99. The zero-order valence-corrected chi connectivity index (χ0v) is 15.0. The van der Waals surface area contributed by atoms with Crippen molar-refractivity contribution in [1.82, 2.24) is 9.97 Å². The van der Waals surface area contributed by atoms with Crippen LogP contribution in [0.2, 0.25) is 0 Å². The number of hydrogen-bond donors (Lipinski definition) is 1. The first-order valence-electron chi connectivity index (χ1n) is 7.92. The normalized spacial score (nSPS) is 10.5. The molecule has 0 radical (unpaired) electrons. The van der Waals surface area contributed by atoms with E-state index in [1.54, 1.807) is 19.2 Å². The second kappa shape index (κ2) is 7.26. The van der Waals surface area contributed by atoms with Crippen molar-refractivity contribution in [3.63, 3.8) is 0 Å². The molecule has 134 valence electrons. The van der Waals surface area contributed by atoms with E-state index in [1.807, 2.05) is 24.3 Å². The molecule has 2 aromatic carbocycles. The Bertz CT molecular complexity index is 947. The number of nitrogens with one attached hydrogen (secondary N) is 1. The Morgan fingerprint density at radius 1 is 0.923 bits per heavy atom. The molecule has 0 aliphatic rings. The predicted octanol–water partition coefficient (Wildman–Crippen LogP) is 2.93. The third-order valence-electron chi connectivity index (χ3n) is 3.95. The van der Waals surface area contributed by atoms with E-state index in [0.29, 0.717) is 39.7 Å². The molecule has 0 aliphatic heterocycles. The fourth-order valence-electron chi connectivity index (χ4n) is 2.68. The summed E-state index contributed by atoms with van der Waals surface area (Å²) in [5, 5.41) is 2.94. The predicted molar refractivity (Wildman–Crippen MR) is 98.6 cm³/mol. The quantitative estimate of drug-likeness (QED) is 0.682. The van der Waals surface area contributed by atoms with Crippen molar-refractivity contribution in [2.45, 2.75) is 0 Å². The Hall–Kier alpha value is -3.35. The lowest BCUT2D eigenvalue weighted by molar-refractivity contribution is 0.103. The van der Waals surface area contributed by atoms with Gasteiger partial charge < -0.3 is 19.5 Å². The smallest absolute Gasteiger partial charge is 0.215 e. The largest absolute Gasteiger partial charge is 0.493 e. The molecule has 0 saturated heterocycles. The first kappa shape index (κ1) is 17.5. The number of carbonyl (C=O) groups is 1. The van der Waals surface area contributed by atoms with Crippen LogP contribution in [0.4, 0.5) is 5.82 Å². The Kier molecular flexibility index (Phi) is 4.88. The topological polar surface area (TPSA) is 82.6 Å². The number of hydrogen-bond acceptors (Lipinski definition) is 7. The Morgan fingerprint density at radius 2 is 1.50 bits per heavy atom. The van der Waals surface area contributed by atoms with E-state index in [0.717, 1.165) is 0 Å². The number of methoxy groups -OCH3 is 3. The number of nitrogens with zero attached hydrogens (tertiary/aromatic N) is 2. The number of para-hydroxylation sites is 2. The standard InChI is InChI=1S/C19H19N3O4/c1-20-19-16(21-12-7-5-6-8-13(12)22-19)17(23)11-9-14(24-2)18(26-4)15(10-11)25-3/h5-10H,1-4H3,(H,20,22). The van der Waals surface area contributed by atoms with Gasteiger partial charge in [0, 0.05) is 12.6 Å². The van der Waals surface area contributed by atoms with Crippen LogP contribution in [-0.4, -0.2) is 44.1 Å². The van der Waals surface area contributed by atoms with Crippen LogP contribution in [0.1, 0.15) is 16.1 Å². The molecule has 7 heteroatoms. The van der Waals surface area contributed by atoms with Gasteiger partial charge in [-0.2, -0.15) is 0 Å². The highest BCUT2D eigenvalue weighted by molar-refractivity contribution is 6.12. The van der Waals surface area contributed by atoms with Gasteiger partial charge in [0.2, 0.25) is 11.5 Å². The fraction of sp³-hybridized carbons (Fsp3) is 0.211. The van der Waals surface area contributed by atoms with Gasteiger partial charge in [-0.1, -0.05) is 12.1 Å². The average Bonchev–Trinajstić information content (AvgIpc) is 2.70. The van der Waals surface area contributed by atoms with E-state index < -0.39 is 0 Å². The maximum absolute atomic E-state index is 13.1. The van der Waals surface area contributed by atoms with Crippen molar-refractivity contribution in [1.29, 1.82) is 0 Å². The maximum Gasteiger partial charge on any atom is 0.215 e. The molecule has 7 nitrogen and oxygen atoms in total. The van der Waals surface area contributed by atoms with Crippen molar-refractivity contribution in [2.75, 3.05) is 33.7 Å². The second-order valence-electron chi connectivity index (χ2n) is 5.40. The van der Waals surface area contributed by atoms with Gasteiger partial charge in [0.1, 0.15) is 0 Å². The van der Waals surface area contributed by atoms with Gasteiger partial charge in [-0.25, -0.2) is 9.97 Å². The third-order valence-corrected chi connectivity index (χ3v) is 3.95. The summed E-state index contributed by atoms with van der Waals surface area (Å²) < 4.78 is 15.9. The van der Waals surface area contributed by atoms with Crippen molar-refractivity contribution in [3.8, 4) is 17.2 Å². The van der Waals surface area contributed by atoms with Gasteiger partial charge in [0.15, 0.2) is 23.0 Å². The number of rotatable bonds is 6. The van der Waals surface area contributed by atoms with Crippen LogP contribution in [0.25, 0.3) is 11.0 Å². The summed E-state index contributed by atoms with van der Waals surface area (Å²) in [5.74, 6) is 1.32. The highest BCUT2D eigenvalue weighted by atomic mass is 16.5. The number of ether oxygens (including phenoxy) is 3. The summed E-state index contributed by atoms with van der Waals surface area (Å²) >= 11 is 0. The lowest BCUT2D eigenvalue weighted by atomic mass is 10.1. The molecule has 0 fully saturated rings. The summed E-state index contributed by atoms with van der Waals surface area (Å²) in [6, 6.07) is 10.6. The first-order chi connectivity index (χ1) is 12.6. The number of ketones is 1. The monoisotopic (exact) mass is 353 g/mol. The molecular formula is C19H19N3O4. The lowest BCUT2D eigenvalue weighted by Crippen LogP contribution is -2.11. The van der Waals surface area contributed by atoms with E-state index in [1.165, 1.54) is 21.3 Å². The molecule has 0 aliphatic carbocycles. The van der Waals surface area contributed by atoms with Crippen molar-refractivity contribution in [2.24, 2.45) is 0 Å². The number of anilines is 1. The Balaban J connectivity index is 2.16. The van der Waals surface area contributed by atoms with Crippen LogP contribution in [0, 0.1) is 0 Å². The molecule has 1 N–H and O–H groups in total. The van der Waals surface area contributed by atoms with Gasteiger partial charge >= 0.3 is 0 Å². The van der Waals surface area contributed by atoms with E-state index in [4.69, 9.17) is 14.2 Å². The fourth-order valence-corrected chi connectivity index (χ4v) is 2.68. The molecule has 0 amide bonds. The molecule has 0 saturated carbocycles.